The molecule has 3 fully saturated rings. The predicted octanol–water partition coefficient (Wildman–Crippen LogP) is 3.35. The monoisotopic (exact) mass is 396 g/mol. The Hall–Kier alpha value is -0.920. The SMILES string of the molecule is Clc1ccc(C2N=NN3C2CO[C@H]2CN(C4CCOCC4)CC23)c(Cl)c1. The average Bonchev–Trinajstić information content (AvgIpc) is 3.26. The summed E-state index contributed by atoms with van der Waals surface area (Å²) in [5.74, 6) is 0. The molecule has 1 aromatic carbocycles. The second-order valence-electron chi connectivity index (χ2n) is 7.50. The van der Waals surface area contributed by atoms with Crippen LogP contribution in [0.5, 0.6) is 0 Å². The van der Waals surface area contributed by atoms with Gasteiger partial charge in [-0.25, -0.2) is 0 Å². The molecule has 4 aliphatic heterocycles. The van der Waals surface area contributed by atoms with Crippen LogP contribution < -0.4 is 0 Å². The number of rotatable bonds is 2. The summed E-state index contributed by atoms with van der Waals surface area (Å²) in [6.07, 6.45) is 2.41. The first-order valence-corrected chi connectivity index (χ1v) is 10.0. The zero-order valence-electron chi connectivity index (χ0n) is 14.4. The van der Waals surface area contributed by atoms with Gasteiger partial charge in [-0.05, 0) is 30.5 Å². The maximum absolute atomic E-state index is 6.41. The molecule has 5 rings (SSSR count). The largest absolute Gasteiger partial charge is 0.381 e. The van der Waals surface area contributed by atoms with Crippen molar-refractivity contribution in [2.24, 2.45) is 10.3 Å². The first-order chi connectivity index (χ1) is 12.7. The molecule has 0 saturated carbocycles. The lowest BCUT2D eigenvalue weighted by Gasteiger charge is -2.38. The number of hydrogen-bond donors (Lipinski definition) is 0. The molecule has 6 nitrogen and oxygen atoms in total. The van der Waals surface area contributed by atoms with Gasteiger partial charge in [-0.2, -0.15) is 5.11 Å². The van der Waals surface area contributed by atoms with Crippen LogP contribution in [-0.4, -0.2) is 67.0 Å². The molecule has 0 aliphatic carbocycles. The standard InChI is InChI=1S/C18H22Cl2N4O2/c19-11-1-2-13(14(20)7-11)18-16-10-26-17-9-23(12-3-5-25-6-4-12)8-15(17)24(16)22-21-18/h1-2,7,12,15-18H,3-6,8-10H2/t15?,16?,17-,18?/m0/s1. The molecule has 8 heteroatoms. The van der Waals surface area contributed by atoms with Gasteiger partial charge in [0.1, 0.15) is 12.1 Å². The minimum Gasteiger partial charge on any atom is -0.381 e. The van der Waals surface area contributed by atoms with Crippen molar-refractivity contribution in [1.29, 1.82) is 0 Å². The number of likely N-dealkylation sites (tertiary alicyclic amines) is 1. The lowest BCUT2D eigenvalue weighted by molar-refractivity contribution is -0.0772. The lowest BCUT2D eigenvalue weighted by atomic mass is 9.97. The van der Waals surface area contributed by atoms with Crippen LogP contribution in [0, 0.1) is 0 Å². The Labute approximate surface area is 163 Å². The zero-order valence-corrected chi connectivity index (χ0v) is 15.9. The van der Waals surface area contributed by atoms with Crippen LogP contribution in [0.25, 0.3) is 0 Å². The molecule has 3 unspecified atom stereocenters. The molecule has 0 spiro atoms. The summed E-state index contributed by atoms with van der Waals surface area (Å²) in [5, 5.41) is 12.5. The first-order valence-electron chi connectivity index (χ1n) is 9.28. The van der Waals surface area contributed by atoms with Crippen LogP contribution in [-0.2, 0) is 9.47 Å². The quantitative estimate of drug-likeness (QED) is 0.768. The smallest absolute Gasteiger partial charge is 0.124 e. The highest BCUT2D eigenvalue weighted by Crippen LogP contribution is 2.41. The van der Waals surface area contributed by atoms with Crippen LogP contribution in [0.4, 0.5) is 0 Å². The molecular weight excluding hydrogens is 375 g/mol. The third-order valence-electron chi connectivity index (χ3n) is 6.06. The summed E-state index contributed by atoms with van der Waals surface area (Å²) in [6, 6.07) is 6.44. The Balaban J connectivity index is 1.33. The Morgan fingerprint density at radius 3 is 2.73 bits per heavy atom. The molecule has 0 radical (unpaired) electrons. The maximum atomic E-state index is 6.41. The van der Waals surface area contributed by atoms with Crippen molar-refractivity contribution >= 4 is 23.2 Å². The van der Waals surface area contributed by atoms with Crippen molar-refractivity contribution in [1.82, 2.24) is 9.91 Å². The Bertz CT molecular complexity index is 712. The van der Waals surface area contributed by atoms with E-state index in [1.807, 2.05) is 12.1 Å². The first kappa shape index (κ1) is 17.2. The number of benzene rings is 1. The van der Waals surface area contributed by atoms with Gasteiger partial charge in [-0.3, -0.25) is 9.91 Å². The fourth-order valence-corrected chi connectivity index (χ4v) is 5.19. The Morgan fingerprint density at radius 2 is 1.92 bits per heavy atom. The summed E-state index contributed by atoms with van der Waals surface area (Å²) in [7, 11) is 0. The van der Waals surface area contributed by atoms with Crippen LogP contribution in [0.2, 0.25) is 10.0 Å². The van der Waals surface area contributed by atoms with Gasteiger partial charge in [0.2, 0.25) is 0 Å². The molecule has 0 N–H and O–H groups in total. The van der Waals surface area contributed by atoms with Crippen LogP contribution >= 0.6 is 23.2 Å². The number of ether oxygens (including phenoxy) is 2. The van der Waals surface area contributed by atoms with E-state index < -0.39 is 0 Å². The van der Waals surface area contributed by atoms with Crippen molar-refractivity contribution in [3.63, 3.8) is 0 Å². The fraction of sp³-hybridized carbons (Fsp3) is 0.667. The molecule has 140 valence electrons. The highest BCUT2D eigenvalue weighted by molar-refractivity contribution is 6.35. The number of halogens is 2. The van der Waals surface area contributed by atoms with Crippen molar-refractivity contribution in [3.8, 4) is 0 Å². The van der Waals surface area contributed by atoms with Gasteiger partial charge >= 0.3 is 0 Å². The highest BCUT2D eigenvalue weighted by Gasteiger charge is 2.50. The molecule has 4 aliphatic rings. The topological polar surface area (TPSA) is 49.7 Å². The minimum absolute atomic E-state index is 0.0992. The summed E-state index contributed by atoms with van der Waals surface area (Å²) >= 11 is 12.4. The third-order valence-corrected chi connectivity index (χ3v) is 6.62. The average molecular weight is 397 g/mol. The lowest BCUT2D eigenvalue weighted by Crippen LogP contribution is -2.53. The van der Waals surface area contributed by atoms with E-state index >= 15 is 0 Å². The second-order valence-corrected chi connectivity index (χ2v) is 8.34. The molecule has 3 saturated heterocycles. The van der Waals surface area contributed by atoms with E-state index in [9.17, 15) is 0 Å². The van der Waals surface area contributed by atoms with E-state index in [0.717, 1.165) is 44.7 Å². The van der Waals surface area contributed by atoms with Gasteiger partial charge in [0, 0.05) is 42.4 Å². The molecule has 0 bridgehead atoms. The molecule has 26 heavy (non-hydrogen) atoms. The molecule has 1 aromatic rings. The summed E-state index contributed by atoms with van der Waals surface area (Å²) in [6.45, 7) is 4.30. The third kappa shape index (κ3) is 2.92. The fourth-order valence-electron chi connectivity index (χ4n) is 4.67. The number of fused-ring (bicyclic) bond motifs is 3. The number of nitrogens with zero attached hydrogens (tertiary/aromatic N) is 4. The molecular formula is C18H22Cl2N4O2. The zero-order chi connectivity index (χ0) is 17.7. The Kier molecular flexibility index (Phi) is 4.57. The van der Waals surface area contributed by atoms with Crippen molar-refractivity contribution in [2.45, 2.75) is 43.1 Å². The van der Waals surface area contributed by atoms with Gasteiger partial charge in [0.05, 0.1) is 18.8 Å². The summed E-state index contributed by atoms with van der Waals surface area (Å²) in [4.78, 5) is 2.55. The summed E-state index contributed by atoms with van der Waals surface area (Å²) < 4.78 is 11.8. The van der Waals surface area contributed by atoms with Crippen LogP contribution in [0.15, 0.2) is 28.5 Å². The molecule has 4 atom stereocenters. The number of morpholine rings is 1. The van der Waals surface area contributed by atoms with Gasteiger partial charge in [0.25, 0.3) is 0 Å². The van der Waals surface area contributed by atoms with Crippen LogP contribution in [0.1, 0.15) is 24.4 Å². The van der Waals surface area contributed by atoms with Gasteiger partial charge in [0.15, 0.2) is 0 Å². The van der Waals surface area contributed by atoms with E-state index in [0.29, 0.717) is 22.7 Å². The molecule has 0 amide bonds. The molecule has 0 aromatic heterocycles. The number of hydrogen-bond acceptors (Lipinski definition) is 6. The minimum atomic E-state index is -0.0992. The van der Waals surface area contributed by atoms with Gasteiger partial charge in [-0.15, -0.1) is 0 Å². The van der Waals surface area contributed by atoms with E-state index in [2.05, 4.69) is 20.2 Å². The predicted molar refractivity (Wildman–Crippen MR) is 98.6 cm³/mol. The van der Waals surface area contributed by atoms with E-state index in [1.54, 1.807) is 6.07 Å². The van der Waals surface area contributed by atoms with Gasteiger partial charge < -0.3 is 9.47 Å². The van der Waals surface area contributed by atoms with Gasteiger partial charge in [-0.1, -0.05) is 34.5 Å². The van der Waals surface area contributed by atoms with Crippen LogP contribution in [0.3, 0.4) is 0 Å². The van der Waals surface area contributed by atoms with Crippen molar-refractivity contribution in [3.05, 3.63) is 33.8 Å². The summed E-state index contributed by atoms with van der Waals surface area (Å²) in [5.41, 5.74) is 0.966. The Morgan fingerprint density at radius 1 is 1.08 bits per heavy atom. The maximum Gasteiger partial charge on any atom is 0.124 e. The van der Waals surface area contributed by atoms with Crippen molar-refractivity contribution in [2.75, 3.05) is 32.9 Å². The van der Waals surface area contributed by atoms with E-state index in [4.69, 9.17) is 32.7 Å². The van der Waals surface area contributed by atoms with E-state index in [-0.39, 0.29) is 24.2 Å². The van der Waals surface area contributed by atoms with Crippen molar-refractivity contribution < 1.29 is 9.47 Å². The molecule has 4 heterocycles. The highest BCUT2D eigenvalue weighted by atomic mass is 35.5. The van der Waals surface area contributed by atoms with E-state index in [1.165, 1.54) is 0 Å². The second kappa shape index (κ2) is 6.91. The normalized spacial score (nSPS) is 34.9.